The Bertz CT molecular complexity index is 326. The molecule has 0 amide bonds. The van der Waals surface area contributed by atoms with Crippen molar-refractivity contribution in [3.8, 4) is 0 Å². The summed E-state index contributed by atoms with van der Waals surface area (Å²) in [5.41, 5.74) is -2.99. The van der Waals surface area contributed by atoms with E-state index in [-0.39, 0.29) is 11.6 Å². The van der Waals surface area contributed by atoms with Gasteiger partial charge in [-0.2, -0.15) is 26.3 Å². The van der Waals surface area contributed by atoms with Crippen LogP contribution in [0.3, 0.4) is 0 Å². The lowest BCUT2D eigenvalue weighted by Gasteiger charge is -2.13. The zero-order chi connectivity index (χ0) is 13.1. The fraction of sp³-hybridized carbons (Fsp3) is 0.400. The Balaban J connectivity index is 5.54. The number of rotatable bonds is 2. The molecule has 0 aromatic heterocycles. The zero-order valence-electron chi connectivity index (χ0n) is 8.63. The van der Waals surface area contributed by atoms with Crippen LogP contribution in [0.1, 0.15) is 13.8 Å². The Labute approximate surface area is 88.9 Å². The van der Waals surface area contributed by atoms with Crippen molar-refractivity contribution in [2.75, 3.05) is 0 Å². The summed E-state index contributed by atoms with van der Waals surface area (Å²) in [7, 11) is 0. The highest BCUT2D eigenvalue weighted by molar-refractivity contribution is 5.37. The first-order chi connectivity index (χ1) is 7.00. The first-order valence-electron chi connectivity index (χ1n) is 4.16. The van der Waals surface area contributed by atoms with Gasteiger partial charge in [0.1, 0.15) is 0 Å². The van der Waals surface area contributed by atoms with Gasteiger partial charge in [0.05, 0.1) is 5.57 Å². The minimum atomic E-state index is -4.83. The normalized spacial score (nSPS) is 15.9. The Morgan fingerprint density at radius 3 is 1.62 bits per heavy atom. The highest BCUT2D eigenvalue weighted by Crippen LogP contribution is 2.34. The van der Waals surface area contributed by atoms with Crippen LogP contribution in [0.5, 0.6) is 0 Å². The molecule has 6 heteroatoms. The van der Waals surface area contributed by atoms with Gasteiger partial charge in [0.2, 0.25) is 0 Å². The van der Waals surface area contributed by atoms with E-state index in [0.29, 0.717) is 6.92 Å². The quantitative estimate of drug-likeness (QED) is 0.493. The predicted molar refractivity (Wildman–Crippen MR) is 48.8 cm³/mol. The number of alkyl halides is 6. The van der Waals surface area contributed by atoms with Gasteiger partial charge in [0.15, 0.2) is 0 Å². The summed E-state index contributed by atoms with van der Waals surface area (Å²) in [6.07, 6.45) is -8.65. The second-order valence-corrected chi connectivity index (χ2v) is 3.12. The molecular weight excluding hydrogens is 234 g/mol. The van der Waals surface area contributed by atoms with E-state index in [1.54, 1.807) is 0 Å². The molecule has 0 aromatic carbocycles. The molecule has 0 nitrogen and oxygen atoms in total. The maximum absolute atomic E-state index is 12.4. The van der Waals surface area contributed by atoms with E-state index in [9.17, 15) is 26.3 Å². The summed E-state index contributed by atoms with van der Waals surface area (Å²) in [5.74, 6) is 0. The number of hydrogen-bond acceptors (Lipinski definition) is 0. The second kappa shape index (κ2) is 4.76. The van der Waals surface area contributed by atoms with Crippen molar-refractivity contribution in [3.63, 3.8) is 0 Å². The SMILES string of the molecule is C=C/C(C)=C(\C=C(/C)C(F)(F)F)C(F)(F)F. The van der Waals surface area contributed by atoms with Crippen LogP contribution >= 0.6 is 0 Å². The van der Waals surface area contributed by atoms with Crippen LogP contribution in [0, 0.1) is 0 Å². The third-order valence-corrected chi connectivity index (χ3v) is 1.84. The Morgan fingerprint density at radius 2 is 1.38 bits per heavy atom. The van der Waals surface area contributed by atoms with E-state index >= 15 is 0 Å². The van der Waals surface area contributed by atoms with Crippen LogP contribution in [0.15, 0.2) is 35.5 Å². The maximum atomic E-state index is 12.4. The molecule has 0 heterocycles. The Kier molecular flexibility index (Phi) is 4.40. The van der Waals surface area contributed by atoms with Gasteiger partial charge >= 0.3 is 12.4 Å². The van der Waals surface area contributed by atoms with E-state index < -0.39 is 23.5 Å². The Hall–Kier alpha value is -1.20. The summed E-state index contributed by atoms with van der Waals surface area (Å²) < 4.78 is 73.4. The second-order valence-electron chi connectivity index (χ2n) is 3.12. The van der Waals surface area contributed by atoms with E-state index in [1.165, 1.54) is 0 Å². The van der Waals surface area contributed by atoms with E-state index in [0.717, 1.165) is 13.0 Å². The molecule has 0 fully saturated rings. The van der Waals surface area contributed by atoms with Gasteiger partial charge in [-0.3, -0.25) is 0 Å². The van der Waals surface area contributed by atoms with Gasteiger partial charge in [0, 0.05) is 5.57 Å². The fourth-order valence-electron chi connectivity index (χ4n) is 0.828. The summed E-state index contributed by atoms with van der Waals surface area (Å²) >= 11 is 0. The molecule has 0 saturated heterocycles. The standard InChI is InChI=1S/C10H10F6/c1-4-6(2)8(10(14,15)16)5-7(3)9(11,12)13/h4-5H,1H2,2-3H3/b7-5+,8-6+. The molecule has 0 N–H and O–H groups in total. The van der Waals surface area contributed by atoms with Gasteiger partial charge in [0.25, 0.3) is 0 Å². The third-order valence-electron chi connectivity index (χ3n) is 1.84. The molecule has 0 radical (unpaired) electrons. The van der Waals surface area contributed by atoms with E-state index in [1.807, 2.05) is 0 Å². The number of halogens is 6. The molecule has 0 aliphatic carbocycles. The van der Waals surface area contributed by atoms with Crippen molar-refractivity contribution >= 4 is 0 Å². The van der Waals surface area contributed by atoms with Crippen molar-refractivity contribution in [3.05, 3.63) is 35.5 Å². The van der Waals surface area contributed by atoms with Crippen LogP contribution < -0.4 is 0 Å². The first-order valence-corrected chi connectivity index (χ1v) is 4.16. The van der Waals surface area contributed by atoms with Crippen molar-refractivity contribution in [2.24, 2.45) is 0 Å². The molecule has 0 unspecified atom stereocenters. The number of allylic oxidation sites excluding steroid dienone is 5. The van der Waals surface area contributed by atoms with Gasteiger partial charge in [-0.05, 0) is 25.5 Å². The number of hydrogen-bond donors (Lipinski definition) is 0. The first kappa shape index (κ1) is 14.8. The summed E-state index contributed by atoms with van der Waals surface area (Å²) in [5, 5.41) is 0. The fourth-order valence-corrected chi connectivity index (χ4v) is 0.828. The van der Waals surface area contributed by atoms with Crippen LogP contribution in [0.2, 0.25) is 0 Å². The molecule has 0 atom stereocenters. The van der Waals surface area contributed by atoms with Crippen LogP contribution in [-0.4, -0.2) is 12.4 Å². The van der Waals surface area contributed by atoms with Crippen LogP contribution in [0.4, 0.5) is 26.3 Å². The highest BCUT2D eigenvalue weighted by Gasteiger charge is 2.37. The van der Waals surface area contributed by atoms with Crippen LogP contribution in [-0.2, 0) is 0 Å². The minimum Gasteiger partial charge on any atom is -0.166 e. The molecule has 0 aliphatic rings. The van der Waals surface area contributed by atoms with Crippen molar-refractivity contribution in [2.45, 2.75) is 26.2 Å². The molecule has 16 heavy (non-hydrogen) atoms. The third kappa shape index (κ3) is 4.12. The minimum absolute atomic E-state index is 0.0804. The van der Waals surface area contributed by atoms with Gasteiger partial charge < -0.3 is 0 Å². The molecule has 0 aromatic rings. The van der Waals surface area contributed by atoms with Gasteiger partial charge in [-0.15, -0.1) is 0 Å². The average Bonchev–Trinajstić information content (AvgIpc) is 2.09. The topological polar surface area (TPSA) is 0 Å². The molecule has 0 bridgehead atoms. The molecule has 0 saturated carbocycles. The lowest BCUT2D eigenvalue weighted by Crippen LogP contribution is -2.15. The van der Waals surface area contributed by atoms with Gasteiger partial charge in [-0.1, -0.05) is 12.7 Å². The zero-order valence-corrected chi connectivity index (χ0v) is 8.63. The lowest BCUT2D eigenvalue weighted by molar-refractivity contribution is -0.0956. The highest BCUT2D eigenvalue weighted by atomic mass is 19.4. The maximum Gasteiger partial charge on any atom is 0.416 e. The van der Waals surface area contributed by atoms with Crippen LogP contribution in [0.25, 0.3) is 0 Å². The van der Waals surface area contributed by atoms with E-state index in [2.05, 4.69) is 6.58 Å². The van der Waals surface area contributed by atoms with E-state index in [4.69, 9.17) is 0 Å². The molecule has 0 spiro atoms. The van der Waals surface area contributed by atoms with Gasteiger partial charge in [-0.25, -0.2) is 0 Å². The summed E-state index contributed by atoms with van der Waals surface area (Å²) in [6.45, 7) is 4.73. The monoisotopic (exact) mass is 244 g/mol. The molecule has 0 aliphatic heterocycles. The predicted octanol–water partition coefficient (Wildman–Crippen LogP) is 4.56. The smallest absolute Gasteiger partial charge is 0.166 e. The summed E-state index contributed by atoms with van der Waals surface area (Å²) in [6, 6.07) is 0. The van der Waals surface area contributed by atoms with Crippen molar-refractivity contribution < 1.29 is 26.3 Å². The Morgan fingerprint density at radius 1 is 0.938 bits per heavy atom. The van der Waals surface area contributed by atoms with Crippen molar-refractivity contribution in [1.82, 2.24) is 0 Å². The summed E-state index contributed by atoms with van der Waals surface area (Å²) in [4.78, 5) is 0. The average molecular weight is 244 g/mol. The molecule has 92 valence electrons. The molecule has 0 rings (SSSR count). The molecular formula is C10H10F6. The largest absolute Gasteiger partial charge is 0.416 e. The van der Waals surface area contributed by atoms with Crippen molar-refractivity contribution in [1.29, 1.82) is 0 Å². The lowest BCUT2D eigenvalue weighted by atomic mass is 10.1.